The number of likely N-dealkylation sites (N-methyl/N-ethyl adjacent to an activating group) is 1. The maximum atomic E-state index is 12.4. The van der Waals surface area contributed by atoms with Crippen LogP contribution in [0.5, 0.6) is 0 Å². The molecule has 0 saturated carbocycles. The maximum Gasteiger partial charge on any atom is 0.251 e. The van der Waals surface area contributed by atoms with Gasteiger partial charge in [-0.05, 0) is 31.0 Å². The van der Waals surface area contributed by atoms with Crippen LogP contribution in [0.15, 0.2) is 36.7 Å². The van der Waals surface area contributed by atoms with Gasteiger partial charge in [-0.15, -0.1) is 0 Å². The van der Waals surface area contributed by atoms with Crippen LogP contribution in [0.3, 0.4) is 0 Å². The molecule has 1 aliphatic rings. The van der Waals surface area contributed by atoms with Gasteiger partial charge >= 0.3 is 0 Å². The fourth-order valence-corrected chi connectivity index (χ4v) is 2.80. The summed E-state index contributed by atoms with van der Waals surface area (Å²) in [6.45, 7) is 3.30. The number of carbonyl (C=O) groups is 1. The van der Waals surface area contributed by atoms with Gasteiger partial charge in [0, 0.05) is 43.0 Å². The molecule has 0 radical (unpaired) electrons. The van der Waals surface area contributed by atoms with Gasteiger partial charge in [-0.1, -0.05) is 12.1 Å². The lowest BCUT2D eigenvalue weighted by molar-refractivity contribution is -0.0225. The van der Waals surface area contributed by atoms with Gasteiger partial charge in [0.2, 0.25) is 0 Å². The van der Waals surface area contributed by atoms with E-state index in [4.69, 9.17) is 4.74 Å². The van der Waals surface area contributed by atoms with E-state index in [1.54, 1.807) is 12.4 Å². The number of hydrogen-bond donors (Lipinski definition) is 1. The molecule has 0 aliphatic carbocycles. The molecule has 0 bridgehead atoms. The fraction of sp³-hybridized carbons (Fsp3) is 0.412. The lowest BCUT2D eigenvalue weighted by atomic mass is 10.1. The van der Waals surface area contributed by atoms with Crippen LogP contribution >= 0.6 is 0 Å². The van der Waals surface area contributed by atoms with Crippen molar-refractivity contribution in [2.75, 3.05) is 33.3 Å². The number of nitrogens with one attached hydrogen (secondary N) is 1. The first-order chi connectivity index (χ1) is 10.7. The van der Waals surface area contributed by atoms with Crippen molar-refractivity contribution in [2.45, 2.75) is 12.5 Å². The summed E-state index contributed by atoms with van der Waals surface area (Å²) in [6.07, 6.45) is 4.53. The molecule has 1 saturated heterocycles. The normalized spacial score (nSPS) is 19.2. The second kappa shape index (κ2) is 6.85. The summed E-state index contributed by atoms with van der Waals surface area (Å²) in [5.41, 5.74) is 0.696. The monoisotopic (exact) mass is 299 g/mol. The van der Waals surface area contributed by atoms with Crippen molar-refractivity contribution < 1.29 is 9.53 Å². The zero-order valence-corrected chi connectivity index (χ0v) is 12.8. The van der Waals surface area contributed by atoms with Crippen LogP contribution in [-0.4, -0.2) is 55.2 Å². The van der Waals surface area contributed by atoms with Gasteiger partial charge in [0.05, 0.1) is 12.7 Å². The molecule has 22 heavy (non-hydrogen) atoms. The SMILES string of the molecule is CN1CCOC(CCNC(=O)c2cccc3cnccc23)C1. The van der Waals surface area contributed by atoms with Crippen molar-refractivity contribution in [1.82, 2.24) is 15.2 Å². The quantitative estimate of drug-likeness (QED) is 0.933. The van der Waals surface area contributed by atoms with Gasteiger partial charge in [0.25, 0.3) is 5.91 Å². The largest absolute Gasteiger partial charge is 0.375 e. The molecule has 1 aliphatic heterocycles. The van der Waals surface area contributed by atoms with Crippen LogP contribution in [-0.2, 0) is 4.74 Å². The first-order valence-electron chi connectivity index (χ1n) is 7.65. The number of benzene rings is 1. The lowest BCUT2D eigenvalue weighted by Crippen LogP contribution is -2.41. The number of pyridine rings is 1. The third kappa shape index (κ3) is 3.43. The number of fused-ring (bicyclic) bond motifs is 1. The molecule has 0 spiro atoms. The Morgan fingerprint density at radius 3 is 3.23 bits per heavy atom. The molecule has 1 N–H and O–H groups in total. The number of morpholine rings is 1. The summed E-state index contributed by atoms with van der Waals surface area (Å²) in [5, 5.41) is 4.91. The minimum Gasteiger partial charge on any atom is -0.375 e. The van der Waals surface area contributed by atoms with Crippen LogP contribution in [0.1, 0.15) is 16.8 Å². The highest BCUT2D eigenvalue weighted by Crippen LogP contribution is 2.17. The summed E-state index contributed by atoms with van der Waals surface area (Å²) in [5.74, 6) is -0.0408. The van der Waals surface area contributed by atoms with Crippen LogP contribution in [0.25, 0.3) is 10.8 Å². The Balaban J connectivity index is 1.59. The van der Waals surface area contributed by atoms with Crippen molar-refractivity contribution in [1.29, 1.82) is 0 Å². The van der Waals surface area contributed by atoms with E-state index in [9.17, 15) is 4.79 Å². The molecule has 5 heteroatoms. The average Bonchev–Trinajstić information content (AvgIpc) is 2.54. The Labute approximate surface area is 130 Å². The van der Waals surface area contributed by atoms with Gasteiger partial charge in [-0.2, -0.15) is 0 Å². The van der Waals surface area contributed by atoms with E-state index in [1.165, 1.54) is 0 Å². The van der Waals surface area contributed by atoms with E-state index < -0.39 is 0 Å². The van der Waals surface area contributed by atoms with Gasteiger partial charge in [-0.25, -0.2) is 0 Å². The van der Waals surface area contributed by atoms with Crippen molar-refractivity contribution >= 4 is 16.7 Å². The smallest absolute Gasteiger partial charge is 0.251 e. The number of amides is 1. The molecule has 5 nitrogen and oxygen atoms in total. The third-order valence-electron chi connectivity index (χ3n) is 4.02. The number of nitrogens with zero attached hydrogens (tertiary/aromatic N) is 2. The Kier molecular flexibility index (Phi) is 4.65. The summed E-state index contributed by atoms with van der Waals surface area (Å²) in [4.78, 5) is 18.7. The van der Waals surface area contributed by atoms with Crippen LogP contribution in [0.4, 0.5) is 0 Å². The van der Waals surface area contributed by atoms with E-state index >= 15 is 0 Å². The van der Waals surface area contributed by atoms with Crippen molar-refractivity contribution in [3.05, 3.63) is 42.2 Å². The van der Waals surface area contributed by atoms with Crippen LogP contribution in [0.2, 0.25) is 0 Å². The molecule has 1 amide bonds. The van der Waals surface area contributed by atoms with E-state index in [-0.39, 0.29) is 12.0 Å². The zero-order chi connectivity index (χ0) is 15.4. The maximum absolute atomic E-state index is 12.4. The first kappa shape index (κ1) is 14.9. The molecule has 2 heterocycles. The molecular weight excluding hydrogens is 278 g/mol. The predicted molar refractivity (Wildman–Crippen MR) is 85.9 cm³/mol. The number of rotatable bonds is 4. The van der Waals surface area contributed by atoms with Crippen LogP contribution < -0.4 is 5.32 Å². The molecule has 1 aromatic heterocycles. The highest BCUT2D eigenvalue weighted by atomic mass is 16.5. The topological polar surface area (TPSA) is 54.5 Å². The molecular formula is C17H21N3O2. The summed E-state index contributed by atoms with van der Waals surface area (Å²) >= 11 is 0. The van der Waals surface area contributed by atoms with Gasteiger partial charge < -0.3 is 15.0 Å². The number of ether oxygens (including phenoxy) is 1. The lowest BCUT2D eigenvalue weighted by Gasteiger charge is -2.30. The minimum atomic E-state index is -0.0408. The molecule has 3 rings (SSSR count). The van der Waals surface area contributed by atoms with Gasteiger partial charge in [-0.3, -0.25) is 9.78 Å². The zero-order valence-electron chi connectivity index (χ0n) is 12.8. The molecule has 1 aromatic carbocycles. The highest BCUT2D eigenvalue weighted by Gasteiger charge is 2.17. The minimum absolute atomic E-state index is 0.0408. The Bertz CT molecular complexity index is 654. The predicted octanol–water partition coefficient (Wildman–Crippen LogP) is 1.69. The molecule has 1 fully saturated rings. The van der Waals surface area contributed by atoms with Crippen LogP contribution in [0, 0.1) is 0 Å². The van der Waals surface area contributed by atoms with Crippen molar-refractivity contribution in [3.63, 3.8) is 0 Å². The Hall–Kier alpha value is -1.98. The average molecular weight is 299 g/mol. The number of aromatic nitrogens is 1. The number of hydrogen-bond acceptors (Lipinski definition) is 4. The van der Waals surface area contributed by atoms with E-state index in [2.05, 4.69) is 22.2 Å². The van der Waals surface area contributed by atoms with E-state index in [1.807, 2.05) is 24.3 Å². The second-order valence-corrected chi connectivity index (χ2v) is 5.70. The standard InChI is InChI=1S/C17H21N3O2/c1-20-9-10-22-14(12-20)5-8-19-17(21)16-4-2-3-13-11-18-7-6-15(13)16/h2-4,6-7,11,14H,5,8-10,12H2,1H3,(H,19,21). The molecule has 116 valence electrons. The molecule has 1 unspecified atom stereocenters. The first-order valence-corrected chi connectivity index (χ1v) is 7.65. The third-order valence-corrected chi connectivity index (χ3v) is 4.02. The highest BCUT2D eigenvalue weighted by molar-refractivity contribution is 6.06. The van der Waals surface area contributed by atoms with E-state index in [0.29, 0.717) is 12.1 Å². The van der Waals surface area contributed by atoms with Gasteiger partial charge in [0.15, 0.2) is 0 Å². The molecule has 2 aromatic rings. The van der Waals surface area contributed by atoms with Crippen molar-refractivity contribution in [3.8, 4) is 0 Å². The summed E-state index contributed by atoms with van der Waals surface area (Å²) in [6, 6.07) is 7.58. The van der Waals surface area contributed by atoms with Crippen molar-refractivity contribution in [2.24, 2.45) is 0 Å². The summed E-state index contributed by atoms with van der Waals surface area (Å²) in [7, 11) is 2.10. The second-order valence-electron chi connectivity index (χ2n) is 5.70. The fourth-order valence-electron chi connectivity index (χ4n) is 2.80. The number of carbonyl (C=O) groups excluding carboxylic acids is 1. The van der Waals surface area contributed by atoms with Gasteiger partial charge in [0.1, 0.15) is 0 Å². The Morgan fingerprint density at radius 2 is 2.36 bits per heavy atom. The molecule has 1 atom stereocenters. The van der Waals surface area contributed by atoms with E-state index in [0.717, 1.165) is 36.9 Å². The Morgan fingerprint density at radius 1 is 1.45 bits per heavy atom. The summed E-state index contributed by atoms with van der Waals surface area (Å²) < 4.78 is 5.70.